The van der Waals surface area contributed by atoms with Gasteiger partial charge in [-0.05, 0) is 48.9 Å². The number of benzene rings is 1. The van der Waals surface area contributed by atoms with Gasteiger partial charge in [-0.25, -0.2) is 8.42 Å². The van der Waals surface area contributed by atoms with Gasteiger partial charge in [0.15, 0.2) is 9.84 Å². The van der Waals surface area contributed by atoms with E-state index in [2.05, 4.69) is 0 Å². The summed E-state index contributed by atoms with van der Waals surface area (Å²) in [4.78, 5) is 9.87. The number of aliphatic carboxylic acids is 1. The molecule has 1 N–H and O–H groups in total. The van der Waals surface area contributed by atoms with Gasteiger partial charge < -0.3 is 5.11 Å². The predicted octanol–water partition coefficient (Wildman–Crippen LogP) is 5.92. The van der Waals surface area contributed by atoms with E-state index in [4.69, 9.17) is 5.11 Å². The molecule has 0 bridgehead atoms. The van der Waals surface area contributed by atoms with Gasteiger partial charge in [-0.1, -0.05) is 61.5 Å². The Bertz CT molecular complexity index is 563. The second-order valence-electron chi connectivity index (χ2n) is 4.85. The van der Waals surface area contributed by atoms with Gasteiger partial charge in [0.05, 0.1) is 10.6 Å². The topological polar surface area (TPSA) is 71.4 Å². The number of carbonyl (C=O) groups is 1. The van der Waals surface area contributed by atoms with Crippen molar-refractivity contribution >= 4 is 15.8 Å². The van der Waals surface area contributed by atoms with Crippen LogP contribution in [0.5, 0.6) is 0 Å². The fraction of sp³-hybridized carbons (Fsp3) is 0.667. The molecular weight excluding hydrogens is 348 g/mol. The molecule has 0 heterocycles. The number of carboxylic acid groups (broad SMARTS) is 1. The summed E-state index contributed by atoms with van der Waals surface area (Å²) in [5.41, 5.74) is 2.55. The first-order valence-corrected chi connectivity index (χ1v) is 11.6. The third-order valence-electron chi connectivity index (χ3n) is 3.20. The molecule has 1 aliphatic carbocycles. The normalized spacial score (nSPS) is 10.9. The Kier molecular flexibility index (Phi) is 20.8. The van der Waals surface area contributed by atoms with Crippen molar-refractivity contribution in [3.8, 4) is 0 Å². The van der Waals surface area contributed by atoms with Crippen LogP contribution in [0.3, 0.4) is 0 Å². The van der Waals surface area contributed by atoms with Crippen LogP contribution in [0.25, 0.3) is 0 Å². The number of fused-ring (bicyclic) bond motifs is 1. The molecule has 0 fully saturated rings. The highest BCUT2D eigenvalue weighted by molar-refractivity contribution is 7.91. The number of sulfone groups is 1. The summed E-state index contributed by atoms with van der Waals surface area (Å²) in [6.07, 6.45) is 4.19. The van der Waals surface area contributed by atoms with Gasteiger partial charge in [0.2, 0.25) is 0 Å². The third kappa shape index (κ3) is 12.1. The van der Waals surface area contributed by atoms with Crippen LogP contribution in [0.4, 0.5) is 0 Å². The van der Waals surface area contributed by atoms with E-state index in [0.29, 0.717) is 11.3 Å². The number of rotatable bonds is 4. The molecule has 5 heteroatoms. The van der Waals surface area contributed by atoms with Crippen molar-refractivity contribution in [2.24, 2.45) is 0 Å². The van der Waals surface area contributed by atoms with Crippen LogP contribution in [0.1, 0.15) is 85.8 Å². The monoisotopic (exact) mass is 388 g/mol. The number of aryl methyl sites for hydroxylation is 2. The number of hydrogen-bond donors (Lipinski definition) is 1. The van der Waals surface area contributed by atoms with E-state index in [-0.39, 0.29) is 12.2 Å². The summed E-state index contributed by atoms with van der Waals surface area (Å²) in [6.45, 7) is 15.5. The molecule has 0 saturated heterocycles. The van der Waals surface area contributed by atoms with Crippen molar-refractivity contribution in [2.45, 2.75) is 92.4 Å². The van der Waals surface area contributed by atoms with E-state index in [1.807, 2.05) is 60.6 Å². The molecule has 1 aromatic carbocycles. The molecule has 0 aromatic heterocycles. The highest BCUT2D eigenvalue weighted by Crippen LogP contribution is 2.25. The quantitative estimate of drug-likeness (QED) is 0.695. The molecule has 2 rings (SSSR count). The molecule has 0 radical (unpaired) electrons. The van der Waals surface area contributed by atoms with Crippen molar-refractivity contribution < 1.29 is 18.3 Å². The van der Waals surface area contributed by atoms with Crippen LogP contribution in [0, 0.1) is 0 Å². The van der Waals surface area contributed by atoms with Gasteiger partial charge in [0.25, 0.3) is 0 Å². The summed E-state index contributed by atoms with van der Waals surface area (Å²) < 4.78 is 23.7. The number of hydrogen-bond acceptors (Lipinski definition) is 3. The molecule has 4 nitrogen and oxygen atoms in total. The minimum Gasteiger partial charge on any atom is -0.481 e. The van der Waals surface area contributed by atoms with E-state index < -0.39 is 15.8 Å². The highest BCUT2D eigenvalue weighted by atomic mass is 32.2. The minimum atomic E-state index is -3.03. The fourth-order valence-corrected chi connectivity index (χ4v) is 3.50. The Balaban J connectivity index is -0.000000407. The molecule has 1 aromatic rings. The maximum absolute atomic E-state index is 11.8. The first kappa shape index (κ1) is 29.4. The lowest BCUT2D eigenvalue weighted by Crippen LogP contribution is -2.06. The zero-order chi connectivity index (χ0) is 21.2. The minimum absolute atomic E-state index is 0.222. The summed E-state index contributed by atoms with van der Waals surface area (Å²) in [5.74, 6) is -0.490. The Morgan fingerprint density at radius 2 is 1.42 bits per heavy atom. The first-order chi connectivity index (χ1) is 12.4. The molecule has 0 unspecified atom stereocenters. The Morgan fingerprint density at radius 3 is 1.85 bits per heavy atom. The average Bonchev–Trinajstić information content (AvgIpc) is 3.15. The van der Waals surface area contributed by atoms with E-state index in [1.165, 1.54) is 11.1 Å². The van der Waals surface area contributed by atoms with E-state index in [1.54, 1.807) is 13.0 Å². The maximum Gasteiger partial charge on any atom is 0.303 e. The zero-order valence-electron chi connectivity index (χ0n) is 18.1. The zero-order valence-corrected chi connectivity index (χ0v) is 18.9. The molecule has 0 atom stereocenters. The molecular formula is C21H40O4S. The van der Waals surface area contributed by atoms with Crippen LogP contribution < -0.4 is 0 Å². The van der Waals surface area contributed by atoms with E-state index in [9.17, 15) is 13.2 Å². The summed E-state index contributed by atoms with van der Waals surface area (Å²) in [5, 5.41) is 7.72. The second kappa shape index (κ2) is 18.4. The lowest BCUT2D eigenvalue weighted by atomic mass is 10.1. The summed E-state index contributed by atoms with van der Waals surface area (Å²) in [7, 11) is -3.03. The average molecular weight is 389 g/mol. The third-order valence-corrected chi connectivity index (χ3v) is 5.12. The van der Waals surface area contributed by atoms with Crippen molar-refractivity contribution in [3.63, 3.8) is 0 Å². The van der Waals surface area contributed by atoms with Gasteiger partial charge in [-0.15, -0.1) is 0 Å². The van der Waals surface area contributed by atoms with Gasteiger partial charge in [-0.2, -0.15) is 0 Å². The van der Waals surface area contributed by atoms with Crippen molar-refractivity contribution in [3.05, 3.63) is 29.3 Å². The largest absolute Gasteiger partial charge is 0.481 e. The molecule has 0 spiro atoms. The molecule has 26 heavy (non-hydrogen) atoms. The van der Waals surface area contributed by atoms with Crippen LogP contribution >= 0.6 is 0 Å². The van der Waals surface area contributed by atoms with Crippen LogP contribution in [-0.4, -0.2) is 25.2 Å². The van der Waals surface area contributed by atoms with Gasteiger partial charge in [-0.3, -0.25) is 4.79 Å². The molecule has 0 saturated carbocycles. The standard InChI is InChI=1S/C12H16O2S.C3H6O2.3C2H6/c1-2-8-15(13,14)12-7-6-10-4-3-5-11(10)9-12;1-2-3(4)5;3*1-2/h6-7,9H,2-5,8H2,1H3;2H2,1H3,(H,4,5);3*1-2H3. The van der Waals surface area contributed by atoms with E-state index in [0.717, 1.165) is 19.3 Å². The Hall–Kier alpha value is -1.36. The van der Waals surface area contributed by atoms with Crippen LogP contribution in [0.15, 0.2) is 23.1 Å². The highest BCUT2D eigenvalue weighted by Gasteiger charge is 2.17. The number of carboxylic acids is 1. The molecule has 0 amide bonds. The van der Waals surface area contributed by atoms with Crippen LogP contribution in [0.2, 0.25) is 0 Å². The van der Waals surface area contributed by atoms with E-state index >= 15 is 0 Å². The van der Waals surface area contributed by atoms with Crippen molar-refractivity contribution in [2.75, 3.05) is 5.75 Å². The second-order valence-corrected chi connectivity index (χ2v) is 6.96. The van der Waals surface area contributed by atoms with Crippen LogP contribution in [-0.2, 0) is 27.5 Å². The molecule has 1 aliphatic rings. The van der Waals surface area contributed by atoms with Gasteiger partial charge in [0, 0.05) is 6.42 Å². The van der Waals surface area contributed by atoms with Gasteiger partial charge in [0.1, 0.15) is 0 Å². The Labute approximate surface area is 162 Å². The van der Waals surface area contributed by atoms with Crippen molar-refractivity contribution in [1.29, 1.82) is 0 Å². The SMILES string of the molecule is CC.CC.CC.CCC(=O)O.CCCS(=O)(=O)c1ccc2c(c1)CCC2. The Morgan fingerprint density at radius 1 is 0.962 bits per heavy atom. The van der Waals surface area contributed by atoms with Crippen molar-refractivity contribution in [1.82, 2.24) is 0 Å². The lowest BCUT2D eigenvalue weighted by molar-refractivity contribution is -0.136. The maximum atomic E-state index is 11.8. The smallest absolute Gasteiger partial charge is 0.303 e. The van der Waals surface area contributed by atoms with Gasteiger partial charge >= 0.3 is 5.97 Å². The lowest BCUT2D eigenvalue weighted by Gasteiger charge is -2.05. The summed E-state index contributed by atoms with van der Waals surface area (Å²) >= 11 is 0. The molecule has 154 valence electrons. The molecule has 0 aliphatic heterocycles. The first-order valence-electron chi connectivity index (χ1n) is 9.97. The summed E-state index contributed by atoms with van der Waals surface area (Å²) in [6, 6.07) is 5.60. The fourth-order valence-electron chi connectivity index (χ4n) is 2.13. The predicted molar refractivity (Wildman–Crippen MR) is 113 cm³/mol.